The second-order valence-electron chi connectivity index (χ2n) is 4.61. The van der Waals surface area contributed by atoms with E-state index in [1.54, 1.807) is 6.07 Å². The van der Waals surface area contributed by atoms with Gasteiger partial charge in [-0.2, -0.15) is 0 Å². The van der Waals surface area contributed by atoms with E-state index in [9.17, 15) is 13.2 Å². The summed E-state index contributed by atoms with van der Waals surface area (Å²) < 4.78 is 30.1. The van der Waals surface area contributed by atoms with Crippen molar-refractivity contribution in [2.24, 2.45) is 0 Å². The van der Waals surface area contributed by atoms with Crippen molar-refractivity contribution in [3.8, 4) is 0 Å². The fourth-order valence-corrected chi connectivity index (χ4v) is 2.51. The zero-order chi connectivity index (χ0) is 13.4. The molecule has 1 fully saturated rings. The molecule has 5 nitrogen and oxygen atoms in total. The van der Waals surface area contributed by atoms with Crippen molar-refractivity contribution in [3.05, 3.63) is 29.3 Å². The van der Waals surface area contributed by atoms with Crippen molar-refractivity contribution in [1.29, 1.82) is 0 Å². The van der Waals surface area contributed by atoms with E-state index in [0.29, 0.717) is 12.2 Å². The average Bonchev–Trinajstić information content (AvgIpc) is 3.01. The molecule has 0 unspecified atom stereocenters. The minimum absolute atomic E-state index is 0.441. The highest BCUT2D eigenvalue weighted by Gasteiger charge is 2.47. The molecule has 18 heavy (non-hydrogen) atoms. The molecule has 0 saturated heterocycles. The highest BCUT2D eigenvalue weighted by atomic mass is 32.2. The van der Waals surface area contributed by atoms with Crippen molar-refractivity contribution in [2.75, 3.05) is 11.0 Å². The first-order valence-corrected chi connectivity index (χ1v) is 7.46. The molecule has 0 heterocycles. The van der Waals surface area contributed by atoms with Gasteiger partial charge in [-0.15, -0.1) is 0 Å². The minimum Gasteiger partial charge on any atom is -0.456 e. The Morgan fingerprint density at radius 3 is 2.56 bits per heavy atom. The molecule has 0 aliphatic heterocycles. The zero-order valence-corrected chi connectivity index (χ0v) is 11.1. The number of sulfonamides is 1. The molecule has 1 aromatic carbocycles. The van der Waals surface area contributed by atoms with Gasteiger partial charge in [-0.05, 0) is 37.0 Å². The van der Waals surface area contributed by atoms with Crippen molar-refractivity contribution >= 4 is 22.2 Å². The van der Waals surface area contributed by atoms with Gasteiger partial charge >= 0.3 is 0 Å². The van der Waals surface area contributed by atoms with E-state index >= 15 is 0 Å². The number of hydrogen-bond acceptors (Lipinski definition) is 4. The maximum absolute atomic E-state index is 11.3. The predicted molar refractivity (Wildman–Crippen MR) is 67.7 cm³/mol. The van der Waals surface area contributed by atoms with Crippen LogP contribution >= 0.6 is 0 Å². The van der Waals surface area contributed by atoms with Gasteiger partial charge in [0, 0.05) is 0 Å². The van der Waals surface area contributed by atoms with Crippen molar-refractivity contribution < 1.29 is 17.9 Å². The molecule has 0 radical (unpaired) electrons. The summed E-state index contributed by atoms with van der Waals surface area (Å²) in [6, 6.07) is 5.41. The van der Waals surface area contributed by atoms with E-state index in [1.807, 2.05) is 19.1 Å². The minimum atomic E-state index is -3.31. The summed E-state index contributed by atoms with van der Waals surface area (Å²) in [5, 5.41) is 0. The first-order valence-electron chi connectivity index (χ1n) is 5.57. The molecule has 1 saturated carbocycles. The monoisotopic (exact) mass is 269 g/mol. The van der Waals surface area contributed by atoms with Crippen molar-refractivity contribution in [2.45, 2.75) is 25.4 Å². The number of carbonyl (C=O) groups excluding carboxylic acids is 1. The standard InChI is InChI=1S/C12H15NO4S/c1-9-3-4-10(12(5-6-12)17-8-14)7-11(9)13-18(2,15)16/h3-4,7-8,13H,5-6H2,1-2H3. The number of aryl methyl sites for hydroxylation is 1. The molecule has 0 bridgehead atoms. The molecule has 6 heteroatoms. The quantitative estimate of drug-likeness (QED) is 0.823. The van der Waals surface area contributed by atoms with Gasteiger partial charge in [0.25, 0.3) is 6.47 Å². The van der Waals surface area contributed by atoms with Crippen LogP contribution in [0.4, 0.5) is 5.69 Å². The van der Waals surface area contributed by atoms with Gasteiger partial charge in [0.15, 0.2) is 0 Å². The highest BCUT2D eigenvalue weighted by molar-refractivity contribution is 7.92. The van der Waals surface area contributed by atoms with Gasteiger partial charge in [0.1, 0.15) is 5.60 Å². The Morgan fingerprint density at radius 1 is 1.39 bits per heavy atom. The Morgan fingerprint density at radius 2 is 2.06 bits per heavy atom. The maximum Gasteiger partial charge on any atom is 0.293 e. The third-order valence-electron chi connectivity index (χ3n) is 3.04. The summed E-state index contributed by atoms with van der Waals surface area (Å²) in [5.74, 6) is 0. The van der Waals surface area contributed by atoms with Crippen LogP contribution in [0.2, 0.25) is 0 Å². The van der Waals surface area contributed by atoms with E-state index in [4.69, 9.17) is 4.74 Å². The van der Waals surface area contributed by atoms with Crippen LogP contribution < -0.4 is 4.72 Å². The van der Waals surface area contributed by atoms with Crippen LogP contribution in [0.1, 0.15) is 24.0 Å². The van der Waals surface area contributed by atoms with E-state index in [-0.39, 0.29) is 0 Å². The number of nitrogens with one attached hydrogen (secondary N) is 1. The lowest BCUT2D eigenvalue weighted by molar-refractivity contribution is -0.136. The Bertz CT molecular complexity index is 576. The van der Waals surface area contributed by atoms with Gasteiger partial charge in [0.05, 0.1) is 11.9 Å². The molecular weight excluding hydrogens is 254 g/mol. The van der Waals surface area contributed by atoms with Gasteiger partial charge in [-0.1, -0.05) is 12.1 Å². The molecule has 0 atom stereocenters. The van der Waals surface area contributed by atoms with Crippen LogP contribution in [0.15, 0.2) is 18.2 Å². The number of carbonyl (C=O) groups is 1. The molecule has 2 rings (SSSR count). The number of hydrogen-bond donors (Lipinski definition) is 1. The molecular formula is C12H15NO4S. The van der Waals surface area contributed by atoms with Gasteiger partial charge in [-0.3, -0.25) is 9.52 Å². The molecule has 1 N–H and O–H groups in total. The molecule has 0 spiro atoms. The molecule has 1 aliphatic carbocycles. The summed E-state index contributed by atoms with van der Waals surface area (Å²) in [6.07, 6.45) is 2.65. The van der Waals surface area contributed by atoms with E-state index < -0.39 is 15.6 Å². The summed E-state index contributed by atoms with van der Waals surface area (Å²) in [6.45, 7) is 2.26. The van der Waals surface area contributed by atoms with E-state index in [2.05, 4.69) is 4.72 Å². The fourth-order valence-electron chi connectivity index (χ4n) is 1.90. The third kappa shape index (κ3) is 2.64. The van der Waals surface area contributed by atoms with Crippen LogP contribution in [0.25, 0.3) is 0 Å². The second kappa shape index (κ2) is 4.28. The van der Waals surface area contributed by atoms with Crippen LogP contribution in [0.3, 0.4) is 0 Å². The summed E-state index contributed by atoms with van der Waals surface area (Å²) in [7, 11) is -3.31. The van der Waals surface area contributed by atoms with Gasteiger partial charge < -0.3 is 4.74 Å². The number of benzene rings is 1. The predicted octanol–water partition coefficient (Wildman–Crippen LogP) is 1.53. The summed E-state index contributed by atoms with van der Waals surface area (Å²) in [5.41, 5.74) is 1.62. The van der Waals surface area contributed by atoms with E-state index in [1.165, 1.54) is 0 Å². The first-order chi connectivity index (χ1) is 8.36. The second-order valence-corrected chi connectivity index (χ2v) is 6.36. The lowest BCUT2D eigenvalue weighted by Crippen LogP contribution is -2.14. The van der Waals surface area contributed by atoms with Crippen LogP contribution in [-0.2, 0) is 25.2 Å². The zero-order valence-electron chi connectivity index (χ0n) is 10.3. The Kier molecular flexibility index (Phi) is 3.06. The average molecular weight is 269 g/mol. The van der Waals surface area contributed by atoms with Gasteiger partial charge in [0.2, 0.25) is 10.0 Å². The topological polar surface area (TPSA) is 72.5 Å². The summed E-state index contributed by atoms with van der Waals surface area (Å²) >= 11 is 0. The maximum atomic E-state index is 11.3. The lowest BCUT2D eigenvalue weighted by Gasteiger charge is -2.16. The molecule has 0 aromatic heterocycles. The smallest absolute Gasteiger partial charge is 0.293 e. The van der Waals surface area contributed by atoms with Crippen LogP contribution in [-0.4, -0.2) is 21.1 Å². The van der Waals surface area contributed by atoms with Crippen LogP contribution in [0.5, 0.6) is 0 Å². The molecule has 1 aliphatic rings. The fraction of sp³-hybridized carbons (Fsp3) is 0.417. The Labute approximate surface area is 106 Å². The third-order valence-corrected chi connectivity index (χ3v) is 3.63. The normalized spacial score (nSPS) is 17.0. The largest absolute Gasteiger partial charge is 0.456 e. The van der Waals surface area contributed by atoms with Gasteiger partial charge in [-0.25, -0.2) is 8.42 Å². The lowest BCUT2D eigenvalue weighted by atomic mass is 10.0. The Hall–Kier alpha value is -1.56. The SMILES string of the molecule is Cc1ccc(C2(OC=O)CC2)cc1NS(C)(=O)=O. The van der Waals surface area contributed by atoms with Crippen molar-refractivity contribution in [1.82, 2.24) is 0 Å². The van der Waals surface area contributed by atoms with Crippen molar-refractivity contribution in [3.63, 3.8) is 0 Å². The number of rotatable bonds is 5. The molecule has 0 amide bonds. The summed E-state index contributed by atoms with van der Waals surface area (Å²) in [4.78, 5) is 10.5. The molecule has 1 aromatic rings. The molecule has 98 valence electrons. The first kappa shape index (κ1) is 12.9. The Balaban J connectivity index is 2.35. The number of ether oxygens (including phenoxy) is 1. The van der Waals surface area contributed by atoms with E-state index in [0.717, 1.165) is 30.2 Å². The highest BCUT2D eigenvalue weighted by Crippen LogP contribution is 2.49. The number of anilines is 1. The van der Waals surface area contributed by atoms with Crippen LogP contribution in [0, 0.1) is 6.92 Å².